The minimum Gasteiger partial charge on any atom is -0.494 e. The normalized spacial score (nSPS) is 14.1. The minimum absolute atomic E-state index is 0.0289. The van der Waals surface area contributed by atoms with Crippen LogP contribution in [0.2, 0.25) is 0 Å². The number of allylic oxidation sites excluding steroid dienone is 1. The van der Waals surface area contributed by atoms with Gasteiger partial charge in [-0.2, -0.15) is 0 Å². The molecule has 8 heteroatoms. The van der Waals surface area contributed by atoms with Crippen LogP contribution >= 0.6 is 0 Å². The van der Waals surface area contributed by atoms with Gasteiger partial charge in [-0.25, -0.2) is 13.2 Å². The number of ketones is 1. The quantitative estimate of drug-likeness (QED) is 0.353. The molecule has 0 spiro atoms. The Labute approximate surface area is 198 Å². The molecule has 0 bridgehead atoms. The highest BCUT2D eigenvalue weighted by molar-refractivity contribution is 7.96. The molecular weight excluding hydrogens is 454 g/mol. The van der Waals surface area contributed by atoms with Gasteiger partial charge in [-0.3, -0.25) is 4.79 Å². The van der Waals surface area contributed by atoms with E-state index in [1.165, 1.54) is 12.3 Å². The fourth-order valence-electron chi connectivity index (χ4n) is 3.64. The average molecular weight is 478 g/mol. The van der Waals surface area contributed by atoms with Crippen LogP contribution in [-0.4, -0.2) is 33.4 Å². The van der Waals surface area contributed by atoms with Gasteiger partial charge in [0.1, 0.15) is 10.7 Å². The summed E-state index contributed by atoms with van der Waals surface area (Å²) in [6.45, 7) is 4.32. The Hall–Kier alpha value is -3.91. The molecule has 0 fully saturated rings. The molecule has 4 rings (SSSR count). The number of hydrogen-bond acceptors (Lipinski definition) is 7. The third-order valence-corrected chi connectivity index (χ3v) is 7.05. The van der Waals surface area contributed by atoms with Crippen LogP contribution in [-0.2, 0) is 14.6 Å². The van der Waals surface area contributed by atoms with Crippen molar-refractivity contribution in [1.29, 1.82) is 0 Å². The van der Waals surface area contributed by atoms with Crippen molar-refractivity contribution >= 4 is 33.0 Å². The number of carbonyl (C=O) groups excluding carboxylic acids is 2. The first-order valence-corrected chi connectivity index (χ1v) is 12.2. The number of benzene rings is 3. The van der Waals surface area contributed by atoms with Gasteiger partial charge in [-0.1, -0.05) is 12.1 Å². The highest BCUT2D eigenvalue weighted by Gasteiger charge is 2.36. The van der Waals surface area contributed by atoms with Crippen LogP contribution in [0.25, 0.3) is 0 Å². The molecule has 3 aromatic rings. The SMILES string of the molecule is CCOC(=O)c1ccc(N2C=C(C(=O)c3ccc(OCC)cc3)S(=O)(=O)c3ccccc32)cc1. The first kappa shape index (κ1) is 23.3. The Morgan fingerprint density at radius 1 is 0.824 bits per heavy atom. The smallest absolute Gasteiger partial charge is 0.338 e. The summed E-state index contributed by atoms with van der Waals surface area (Å²) < 4.78 is 37.2. The average Bonchev–Trinajstić information content (AvgIpc) is 2.85. The molecule has 0 N–H and O–H groups in total. The molecule has 0 amide bonds. The monoisotopic (exact) mass is 477 g/mol. The Kier molecular flexibility index (Phi) is 6.51. The zero-order chi connectivity index (χ0) is 24.3. The second kappa shape index (κ2) is 9.52. The highest BCUT2D eigenvalue weighted by atomic mass is 32.2. The zero-order valence-electron chi connectivity index (χ0n) is 18.7. The number of ether oxygens (including phenoxy) is 2. The molecule has 0 radical (unpaired) electrons. The molecule has 34 heavy (non-hydrogen) atoms. The van der Waals surface area contributed by atoms with Crippen molar-refractivity contribution in [2.24, 2.45) is 0 Å². The first-order chi connectivity index (χ1) is 16.4. The Morgan fingerprint density at radius 3 is 2.12 bits per heavy atom. The van der Waals surface area contributed by atoms with Gasteiger partial charge >= 0.3 is 5.97 Å². The van der Waals surface area contributed by atoms with Crippen molar-refractivity contribution in [2.75, 3.05) is 18.1 Å². The molecule has 0 aliphatic carbocycles. The van der Waals surface area contributed by atoms with E-state index in [1.54, 1.807) is 78.6 Å². The maximum atomic E-state index is 13.4. The summed E-state index contributed by atoms with van der Waals surface area (Å²) in [4.78, 5) is 26.6. The Bertz CT molecular complexity index is 1360. The molecule has 0 unspecified atom stereocenters. The van der Waals surface area contributed by atoms with E-state index >= 15 is 0 Å². The van der Waals surface area contributed by atoms with Crippen molar-refractivity contribution in [1.82, 2.24) is 0 Å². The lowest BCUT2D eigenvalue weighted by Gasteiger charge is -2.29. The summed E-state index contributed by atoms with van der Waals surface area (Å²) in [7, 11) is -4.06. The van der Waals surface area contributed by atoms with Crippen molar-refractivity contribution in [3.8, 4) is 5.75 Å². The maximum absolute atomic E-state index is 13.4. The predicted molar refractivity (Wildman–Crippen MR) is 128 cm³/mol. The predicted octanol–water partition coefficient (Wildman–Crippen LogP) is 4.91. The number of hydrogen-bond donors (Lipinski definition) is 0. The van der Waals surface area contributed by atoms with Crippen LogP contribution in [0, 0.1) is 0 Å². The number of rotatable bonds is 7. The van der Waals surface area contributed by atoms with Crippen LogP contribution in [0.5, 0.6) is 5.75 Å². The van der Waals surface area contributed by atoms with Crippen LogP contribution in [0.4, 0.5) is 11.4 Å². The number of anilines is 2. The van der Waals surface area contributed by atoms with Gasteiger partial charge in [-0.05, 0) is 74.5 Å². The number of sulfone groups is 1. The van der Waals surface area contributed by atoms with E-state index in [-0.39, 0.29) is 22.0 Å². The number of carbonyl (C=O) groups is 2. The standard InChI is InChI=1S/C26H23NO6S/c1-3-32-21-15-11-18(12-16-21)25(28)24-17-27(22-7-5-6-8-23(22)34(24,30)31)20-13-9-19(10-14-20)26(29)33-4-2/h5-17H,3-4H2,1-2H3. The van der Waals surface area contributed by atoms with Crippen molar-refractivity contribution in [3.63, 3.8) is 0 Å². The molecular formula is C26H23NO6S. The van der Waals surface area contributed by atoms with E-state index in [1.807, 2.05) is 6.92 Å². The number of esters is 1. The molecule has 0 saturated heterocycles. The van der Waals surface area contributed by atoms with Gasteiger partial charge in [0.25, 0.3) is 0 Å². The molecule has 174 valence electrons. The van der Waals surface area contributed by atoms with E-state index in [0.29, 0.717) is 29.3 Å². The lowest BCUT2D eigenvalue weighted by molar-refractivity contribution is 0.0526. The maximum Gasteiger partial charge on any atom is 0.338 e. The number of para-hydroxylation sites is 1. The lowest BCUT2D eigenvalue weighted by atomic mass is 10.1. The van der Waals surface area contributed by atoms with E-state index < -0.39 is 21.6 Å². The molecule has 1 heterocycles. The van der Waals surface area contributed by atoms with E-state index in [2.05, 4.69) is 0 Å². The van der Waals surface area contributed by atoms with Gasteiger partial charge in [-0.15, -0.1) is 0 Å². The Balaban J connectivity index is 1.77. The molecule has 1 aliphatic rings. The fourth-order valence-corrected chi connectivity index (χ4v) is 5.18. The highest BCUT2D eigenvalue weighted by Crippen LogP contribution is 2.40. The Morgan fingerprint density at radius 2 is 1.47 bits per heavy atom. The summed E-state index contributed by atoms with van der Waals surface area (Å²) in [5.41, 5.74) is 1.61. The fraction of sp³-hybridized carbons (Fsp3) is 0.154. The third kappa shape index (κ3) is 4.32. The lowest BCUT2D eigenvalue weighted by Crippen LogP contribution is -2.25. The van der Waals surface area contributed by atoms with Gasteiger partial charge in [0, 0.05) is 17.5 Å². The van der Waals surface area contributed by atoms with Crippen LogP contribution < -0.4 is 9.64 Å². The summed E-state index contributed by atoms with van der Waals surface area (Å²) in [5.74, 6) is -0.475. The van der Waals surface area contributed by atoms with E-state index in [4.69, 9.17) is 9.47 Å². The minimum atomic E-state index is -4.06. The first-order valence-electron chi connectivity index (χ1n) is 10.8. The molecule has 1 aliphatic heterocycles. The second-order valence-electron chi connectivity index (χ2n) is 7.39. The number of Topliss-reactive ketones (excluding diaryl/α,β-unsaturated/α-hetero) is 1. The van der Waals surface area contributed by atoms with Gasteiger partial charge < -0.3 is 14.4 Å². The summed E-state index contributed by atoms with van der Waals surface area (Å²) in [6, 6.07) is 19.4. The molecule has 3 aromatic carbocycles. The van der Waals surface area contributed by atoms with E-state index in [9.17, 15) is 18.0 Å². The summed E-state index contributed by atoms with van der Waals surface area (Å²) in [6.07, 6.45) is 1.33. The second-order valence-corrected chi connectivity index (χ2v) is 9.27. The largest absolute Gasteiger partial charge is 0.494 e. The van der Waals surface area contributed by atoms with Crippen LogP contribution in [0.1, 0.15) is 34.6 Å². The van der Waals surface area contributed by atoms with Crippen molar-refractivity contribution in [3.05, 3.63) is 95.0 Å². The topological polar surface area (TPSA) is 90.0 Å². The number of nitrogens with zero attached hydrogens (tertiary/aromatic N) is 1. The molecule has 0 saturated carbocycles. The number of fused-ring (bicyclic) bond motifs is 1. The van der Waals surface area contributed by atoms with Gasteiger partial charge in [0.05, 0.1) is 29.4 Å². The van der Waals surface area contributed by atoms with Crippen molar-refractivity contribution in [2.45, 2.75) is 18.7 Å². The van der Waals surface area contributed by atoms with Gasteiger partial charge in [0.15, 0.2) is 0 Å². The molecule has 0 aromatic heterocycles. The van der Waals surface area contributed by atoms with E-state index in [0.717, 1.165) is 0 Å². The van der Waals surface area contributed by atoms with Gasteiger partial charge in [0.2, 0.25) is 15.6 Å². The van der Waals surface area contributed by atoms with Crippen molar-refractivity contribution < 1.29 is 27.5 Å². The zero-order valence-corrected chi connectivity index (χ0v) is 19.5. The molecule has 0 atom stereocenters. The summed E-state index contributed by atoms with van der Waals surface area (Å²) in [5, 5.41) is 0. The van der Waals surface area contributed by atoms with Crippen LogP contribution in [0.15, 0.2) is 88.8 Å². The third-order valence-electron chi connectivity index (χ3n) is 5.26. The molecule has 7 nitrogen and oxygen atoms in total. The summed E-state index contributed by atoms with van der Waals surface area (Å²) >= 11 is 0. The van der Waals surface area contributed by atoms with Crippen LogP contribution in [0.3, 0.4) is 0 Å².